The van der Waals surface area contributed by atoms with Gasteiger partial charge in [0.25, 0.3) is 0 Å². The zero-order valence-corrected chi connectivity index (χ0v) is 10.6. The standard InChI is InChI=1S/C14H17FO3/c1-9-7-11(15)10(8-12(9)18-2)14(13(16)17)5-3-4-6-14/h7-8H,3-6H2,1-2H3,(H,16,17). The molecule has 0 bridgehead atoms. The molecule has 0 spiro atoms. The van der Waals surface area contributed by atoms with Crippen LogP contribution in [0.1, 0.15) is 36.8 Å². The molecule has 0 aliphatic heterocycles. The van der Waals surface area contributed by atoms with Gasteiger partial charge in [-0.15, -0.1) is 0 Å². The van der Waals surface area contributed by atoms with Crippen molar-refractivity contribution in [2.24, 2.45) is 0 Å². The molecule has 0 atom stereocenters. The molecule has 1 fully saturated rings. The summed E-state index contributed by atoms with van der Waals surface area (Å²) in [6.45, 7) is 1.74. The topological polar surface area (TPSA) is 46.5 Å². The van der Waals surface area contributed by atoms with Crippen LogP contribution in [0.25, 0.3) is 0 Å². The number of benzene rings is 1. The maximum absolute atomic E-state index is 14.1. The van der Waals surface area contributed by atoms with Crippen LogP contribution in [0.5, 0.6) is 5.75 Å². The predicted molar refractivity (Wildman–Crippen MR) is 65.5 cm³/mol. The molecule has 3 nitrogen and oxygen atoms in total. The molecule has 98 valence electrons. The Bertz CT molecular complexity index is 476. The average Bonchev–Trinajstić information content (AvgIpc) is 2.79. The minimum absolute atomic E-state index is 0.259. The van der Waals surface area contributed by atoms with Crippen molar-refractivity contribution < 1.29 is 19.0 Å². The number of aliphatic carboxylic acids is 1. The van der Waals surface area contributed by atoms with Crippen LogP contribution in [-0.2, 0) is 10.2 Å². The van der Waals surface area contributed by atoms with Crippen LogP contribution in [0, 0.1) is 12.7 Å². The molecule has 0 heterocycles. The highest BCUT2D eigenvalue weighted by molar-refractivity contribution is 5.82. The summed E-state index contributed by atoms with van der Waals surface area (Å²) < 4.78 is 19.3. The van der Waals surface area contributed by atoms with E-state index >= 15 is 0 Å². The van der Waals surface area contributed by atoms with Gasteiger partial charge < -0.3 is 9.84 Å². The van der Waals surface area contributed by atoms with Crippen molar-refractivity contribution in [1.29, 1.82) is 0 Å². The van der Waals surface area contributed by atoms with Gasteiger partial charge in [0.15, 0.2) is 0 Å². The highest BCUT2D eigenvalue weighted by Crippen LogP contribution is 2.43. The zero-order chi connectivity index (χ0) is 13.3. The van der Waals surface area contributed by atoms with Crippen molar-refractivity contribution in [3.8, 4) is 5.75 Å². The second-order valence-corrected chi connectivity index (χ2v) is 4.90. The van der Waals surface area contributed by atoms with E-state index in [1.165, 1.54) is 13.2 Å². The van der Waals surface area contributed by atoms with E-state index in [2.05, 4.69) is 0 Å². The summed E-state index contributed by atoms with van der Waals surface area (Å²) in [6.07, 6.45) is 2.63. The molecule has 1 aliphatic rings. The predicted octanol–water partition coefficient (Wildman–Crippen LogP) is 3.04. The molecular formula is C14H17FO3. The van der Waals surface area contributed by atoms with Crippen molar-refractivity contribution in [3.63, 3.8) is 0 Å². The molecule has 1 aromatic carbocycles. The Morgan fingerprint density at radius 3 is 2.50 bits per heavy atom. The third-order valence-corrected chi connectivity index (χ3v) is 3.87. The van der Waals surface area contributed by atoms with Crippen LogP contribution in [0.15, 0.2) is 12.1 Å². The quantitative estimate of drug-likeness (QED) is 0.899. The van der Waals surface area contributed by atoms with Crippen LogP contribution < -0.4 is 4.74 Å². The Kier molecular flexibility index (Phi) is 3.28. The second kappa shape index (κ2) is 4.59. The monoisotopic (exact) mass is 252 g/mol. The van der Waals surface area contributed by atoms with Crippen molar-refractivity contribution in [2.45, 2.75) is 38.0 Å². The van der Waals surface area contributed by atoms with E-state index in [9.17, 15) is 14.3 Å². The van der Waals surface area contributed by atoms with Crippen LogP contribution >= 0.6 is 0 Å². The first-order valence-corrected chi connectivity index (χ1v) is 6.09. The number of carboxylic acid groups (broad SMARTS) is 1. The van der Waals surface area contributed by atoms with Crippen molar-refractivity contribution >= 4 is 5.97 Å². The van der Waals surface area contributed by atoms with Gasteiger partial charge in [0.05, 0.1) is 12.5 Å². The maximum atomic E-state index is 14.1. The van der Waals surface area contributed by atoms with Gasteiger partial charge in [-0.1, -0.05) is 12.8 Å². The van der Waals surface area contributed by atoms with E-state index in [0.29, 0.717) is 24.2 Å². The van der Waals surface area contributed by atoms with Crippen LogP contribution in [0.2, 0.25) is 0 Å². The van der Waals surface area contributed by atoms with Gasteiger partial charge in [0.2, 0.25) is 0 Å². The summed E-state index contributed by atoms with van der Waals surface area (Å²) in [5.74, 6) is -0.846. The maximum Gasteiger partial charge on any atom is 0.314 e. The fourth-order valence-corrected chi connectivity index (χ4v) is 2.82. The number of carbonyl (C=O) groups is 1. The second-order valence-electron chi connectivity index (χ2n) is 4.90. The third-order valence-electron chi connectivity index (χ3n) is 3.87. The lowest BCUT2D eigenvalue weighted by Gasteiger charge is -2.25. The summed E-state index contributed by atoms with van der Waals surface area (Å²) in [5.41, 5.74) is -0.141. The van der Waals surface area contributed by atoms with Crippen molar-refractivity contribution in [2.75, 3.05) is 7.11 Å². The molecule has 0 aromatic heterocycles. The van der Waals surface area contributed by atoms with Crippen molar-refractivity contribution in [1.82, 2.24) is 0 Å². The molecule has 0 saturated heterocycles. The molecule has 2 rings (SSSR count). The molecule has 0 amide bonds. The summed E-state index contributed by atoms with van der Waals surface area (Å²) in [7, 11) is 1.51. The SMILES string of the molecule is COc1cc(C2(C(=O)O)CCCC2)c(F)cc1C. The van der Waals surface area contributed by atoms with Gasteiger partial charge in [-0.3, -0.25) is 4.79 Å². The zero-order valence-electron chi connectivity index (χ0n) is 10.6. The minimum Gasteiger partial charge on any atom is -0.496 e. The lowest BCUT2D eigenvalue weighted by atomic mass is 9.78. The average molecular weight is 252 g/mol. The number of methoxy groups -OCH3 is 1. The van der Waals surface area contributed by atoms with Crippen molar-refractivity contribution in [3.05, 3.63) is 29.1 Å². The summed E-state index contributed by atoms with van der Waals surface area (Å²) in [5, 5.41) is 9.47. The number of halogens is 1. The van der Waals surface area contributed by atoms with E-state index in [1.54, 1.807) is 13.0 Å². The lowest BCUT2D eigenvalue weighted by molar-refractivity contribution is -0.143. The largest absolute Gasteiger partial charge is 0.496 e. The Morgan fingerprint density at radius 1 is 1.39 bits per heavy atom. The lowest BCUT2D eigenvalue weighted by Crippen LogP contribution is -2.33. The van der Waals surface area contributed by atoms with Gasteiger partial charge in [-0.05, 0) is 37.5 Å². The Morgan fingerprint density at radius 2 is 2.00 bits per heavy atom. The number of carboxylic acids is 1. The molecule has 0 unspecified atom stereocenters. The minimum atomic E-state index is -1.08. The molecule has 18 heavy (non-hydrogen) atoms. The van der Waals surface area contributed by atoms with Gasteiger partial charge in [-0.2, -0.15) is 0 Å². The van der Waals surface area contributed by atoms with Gasteiger partial charge in [0, 0.05) is 5.56 Å². The molecule has 4 heteroatoms. The number of hydrogen-bond donors (Lipinski definition) is 1. The Labute approximate surface area is 106 Å². The smallest absolute Gasteiger partial charge is 0.314 e. The van der Waals surface area contributed by atoms with E-state index in [0.717, 1.165) is 12.8 Å². The van der Waals surface area contributed by atoms with E-state index < -0.39 is 17.2 Å². The molecule has 1 aromatic rings. The normalized spacial score (nSPS) is 17.7. The van der Waals surface area contributed by atoms with Crippen LogP contribution in [0.3, 0.4) is 0 Å². The van der Waals surface area contributed by atoms with E-state index in [4.69, 9.17) is 4.74 Å². The summed E-state index contributed by atoms with van der Waals surface area (Å²) >= 11 is 0. The fraction of sp³-hybridized carbons (Fsp3) is 0.500. The molecule has 0 radical (unpaired) electrons. The third kappa shape index (κ3) is 1.85. The number of aryl methyl sites for hydroxylation is 1. The number of rotatable bonds is 3. The Hall–Kier alpha value is -1.58. The first kappa shape index (κ1) is 12.9. The van der Waals surface area contributed by atoms with Gasteiger partial charge in [-0.25, -0.2) is 4.39 Å². The summed E-state index contributed by atoms with van der Waals surface area (Å²) in [6, 6.07) is 2.90. The fourth-order valence-electron chi connectivity index (χ4n) is 2.82. The van der Waals surface area contributed by atoms with E-state index in [1.807, 2.05) is 0 Å². The summed E-state index contributed by atoms with van der Waals surface area (Å²) in [4.78, 5) is 11.6. The number of ether oxygens (including phenoxy) is 1. The number of hydrogen-bond acceptors (Lipinski definition) is 2. The van der Waals surface area contributed by atoms with Gasteiger partial charge in [0.1, 0.15) is 11.6 Å². The Balaban J connectivity index is 2.58. The van der Waals surface area contributed by atoms with E-state index in [-0.39, 0.29) is 5.56 Å². The van der Waals surface area contributed by atoms with Crippen LogP contribution in [0.4, 0.5) is 4.39 Å². The van der Waals surface area contributed by atoms with Crippen LogP contribution in [-0.4, -0.2) is 18.2 Å². The molecule has 1 saturated carbocycles. The van der Waals surface area contributed by atoms with Gasteiger partial charge >= 0.3 is 5.97 Å². The first-order valence-electron chi connectivity index (χ1n) is 6.09. The first-order chi connectivity index (χ1) is 8.51. The highest BCUT2D eigenvalue weighted by atomic mass is 19.1. The highest BCUT2D eigenvalue weighted by Gasteiger charge is 2.45. The molecular weight excluding hydrogens is 235 g/mol. The molecule has 1 aliphatic carbocycles. The molecule has 1 N–H and O–H groups in total.